The van der Waals surface area contributed by atoms with Crippen LogP contribution in [0.2, 0.25) is 0 Å². The summed E-state index contributed by atoms with van der Waals surface area (Å²) < 4.78 is 28.2. The molecule has 0 spiro atoms. The molecule has 2 radical (unpaired) electrons. The Labute approximate surface area is 158 Å². The van der Waals surface area contributed by atoms with Crippen LogP contribution in [0.3, 0.4) is 0 Å². The third-order valence-electron chi connectivity index (χ3n) is 1.84. The van der Waals surface area contributed by atoms with E-state index in [0.29, 0.717) is 0 Å². The third kappa shape index (κ3) is 12.4. The van der Waals surface area contributed by atoms with Crippen molar-refractivity contribution in [3.05, 3.63) is 0 Å². The van der Waals surface area contributed by atoms with Crippen LogP contribution in [0.25, 0.3) is 0 Å². The molecule has 0 aliphatic heterocycles. The van der Waals surface area contributed by atoms with Crippen molar-refractivity contribution in [2.24, 2.45) is 0 Å². The maximum Gasteiger partial charge on any atom is 0.470 e. The van der Waals surface area contributed by atoms with Gasteiger partial charge in [-0.2, -0.15) is 0 Å². The summed E-state index contributed by atoms with van der Waals surface area (Å²) in [6, 6.07) is 0. The molecule has 0 heterocycles. The van der Waals surface area contributed by atoms with Crippen molar-refractivity contribution in [1.82, 2.24) is 0 Å². The van der Waals surface area contributed by atoms with Crippen LogP contribution in [0, 0.1) is 0 Å². The van der Waals surface area contributed by atoms with Crippen molar-refractivity contribution >= 4 is 70.3 Å². The molecule has 122 valence electrons. The van der Waals surface area contributed by atoms with Gasteiger partial charge in [0, 0.05) is 48.9 Å². The van der Waals surface area contributed by atoms with Gasteiger partial charge in [-0.15, -0.1) is 0 Å². The molecule has 0 amide bonds. The largest absolute Gasteiger partial charge is 0.470 e. The molecule has 0 aromatic carbocycles. The molecule has 0 bridgehead atoms. The number of hydrogen-bond acceptors (Lipinski definition) is 8. The number of phosphoric ester groups is 2. The Kier molecular flexibility index (Phi) is 12.0. The maximum atomic E-state index is 11.2. The molecular formula is C6H14BaO12P2. The summed E-state index contributed by atoms with van der Waals surface area (Å²) in [5.74, 6) is -1.36. The number of aliphatic hydroxyl groups is 3. The minimum Gasteiger partial charge on any atom is -0.388 e. The number of ketones is 1. The van der Waals surface area contributed by atoms with Crippen LogP contribution < -0.4 is 0 Å². The summed E-state index contributed by atoms with van der Waals surface area (Å²) in [5.41, 5.74) is 0. The molecule has 0 saturated heterocycles. The standard InChI is InChI=1S/C6H14O12P2.Ba/c7-3(1-17-19(11,12)13)5(9)6(10)4(8)2-18-20(14,15)16;/h3,5-7,9-10H,1-2H2,(H2,11,12,13)(H2,14,15,16);/t3-,5-,6-;/m1./s1. The van der Waals surface area contributed by atoms with E-state index in [2.05, 4.69) is 9.05 Å². The SMILES string of the molecule is O=C(COP(=O)(O)O)[C@@H](O)[C@H](O)[C@H](O)COP(=O)(O)O.[Ba]. The van der Waals surface area contributed by atoms with Crippen LogP contribution in [-0.2, 0) is 23.0 Å². The first-order valence-electron chi connectivity index (χ1n) is 4.80. The fraction of sp³-hybridized carbons (Fsp3) is 0.833. The maximum absolute atomic E-state index is 11.2. The van der Waals surface area contributed by atoms with Crippen LogP contribution in [0.1, 0.15) is 0 Å². The molecule has 0 aromatic heterocycles. The van der Waals surface area contributed by atoms with E-state index in [1.54, 1.807) is 0 Å². The molecular weight excluding hydrogens is 463 g/mol. The fourth-order valence-corrected chi connectivity index (χ4v) is 1.55. The second kappa shape index (κ2) is 10.3. The van der Waals surface area contributed by atoms with Crippen molar-refractivity contribution in [2.75, 3.05) is 13.2 Å². The van der Waals surface area contributed by atoms with Crippen LogP contribution in [0.5, 0.6) is 0 Å². The zero-order valence-electron chi connectivity index (χ0n) is 10.4. The van der Waals surface area contributed by atoms with Gasteiger partial charge < -0.3 is 34.9 Å². The molecule has 12 nitrogen and oxygen atoms in total. The first-order valence-corrected chi connectivity index (χ1v) is 7.86. The van der Waals surface area contributed by atoms with Crippen LogP contribution >= 0.6 is 15.6 Å². The number of phosphoric acid groups is 2. The van der Waals surface area contributed by atoms with E-state index in [-0.39, 0.29) is 48.9 Å². The topological polar surface area (TPSA) is 211 Å². The summed E-state index contributed by atoms with van der Waals surface area (Å²) in [7, 11) is -9.87. The number of rotatable bonds is 9. The molecule has 0 unspecified atom stereocenters. The van der Waals surface area contributed by atoms with E-state index in [4.69, 9.17) is 19.6 Å². The van der Waals surface area contributed by atoms with Gasteiger partial charge in [0.15, 0.2) is 5.78 Å². The molecule has 0 aliphatic carbocycles. The van der Waals surface area contributed by atoms with Crippen molar-refractivity contribution in [3.63, 3.8) is 0 Å². The Hall–Kier alpha value is 1.34. The number of carbonyl (C=O) groups excluding carboxylic acids is 1. The van der Waals surface area contributed by atoms with E-state index in [1.807, 2.05) is 0 Å². The van der Waals surface area contributed by atoms with E-state index >= 15 is 0 Å². The van der Waals surface area contributed by atoms with Gasteiger partial charge in [-0.1, -0.05) is 0 Å². The van der Waals surface area contributed by atoms with Crippen LogP contribution in [0.4, 0.5) is 0 Å². The average Bonchev–Trinajstić information content (AvgIpc) is 2.29. The Balaban J connectivity index is 0. The second-order valence-corrected chi connectivity index (χ2v) is 6.00. The zero-order chi connectivity index (χ0) is 16.1. The van der Waals surface area contributed by atoms with Gasteiger partial charge in [0.2, 0.25) is 0 Å². The molecule has 0 fully saturated rings. The van der Waals surface area contributed by atoms with Crippen LogP contribution in [-0.4, -0.2) is 121 Å². The van der Waals surface area contributed by atoms with Gasteiger partial charge in [0.25, 0.3) is 0 Å². The molecule has 0 rings (SSSR count). The molecule has 0 saturated carbocycles. The van der Waals surface area contributed by atoms with Crippen molar-refractivity contribution in [1.29, 1.82) is 0 Å². The minimum absolute atomic E-state index is 0. The molecule has 3 atom stereocenters. The first-order chi connectivity index (χ1) is 8.83. The van der Waals surface area contributed by atoms with Gasteiger partial charge in [-0.3, -0.25) is 13.8 Å². The number of hydrogen-bond donors (Lipinski definition) is 7. The zero-order valence-corrected chi connectivity index (χ0v) is 16.6. The van der Waals surface area contributed by atoms with Gasteiger partial charge in [-0.25, -0.2) is 9.13 Å². The summed E-state index contributed by atoms with van der Waals surface area (Å²) in [4.78, 5) is 44.4. The number of carbonyl (C=O) groups is 1. The van der Waals surface area contributed by atoms with Gasteiger partial charge in [0.1, 0.15) is 24.9 Å². The predicted molar refractivity (Wildman–Crippen MR) is 64.8 cm³/mol. The summed E-state index contributed by atoms with van der Waals surface area (Å²) in [6.45, 7) is -2.33. The fourth-order valence-electron chi connectivity index (χ4n) is 0.906. The summed E-state index contributed by atoms with van der Waals surface area (Å²) in [5, 5.41) is 27.7. The van der Waals surface area contributed by atoms with E-state index in [0.717, 1.165) is 0 Å². The van der Waals surface area contributed by atoms with Crippen molar-refractivity contribution in [3.8, 4) is 0 Å². The Morgan fingerprint density at radius 1 is 0.952 bits per heavy atom. The average molecular weight is 477 g/mol. The quantitative estimate of drug-likeness (QED) is 0.127. The molecule has 15 heteroatoms. The van der Waals surface area contributed by atoms with Gasteiger partial charge >= 0.3 is 15.6 Å². The number of aliphatic hydroxyl groups excluding tert-OH is 3. The van der Waals surface area contributed by atoms with E-state index in [1.165, 1.54) is 0 Å². The third-order valence-corrected chi connectivity index (χ3v) is 2.79. The van der Waals surface area contributed by atoms with Gasteiger partial charge in [-0.05, 0) is 0 Å². The van der Waals surface area contributed by atoms with Crippen molar-refractivity contribution < 1.29 is 57.9 Å². The summed E-state index contributed by atoms with van der Waals surface area (Å²) >= 11 is 0. The minimum atomic E-state index is -4.95. The second-order valence-electron chi connectivity index (χ2n) is 3.52. The van der Waals surface area contributed by atoms with E-state index < -0.39 is 53.0 Å². The number of Topliss-reactive ketones (excluding diaryl/α,β-unsaturated/α-hetero) is 1. The van der Waals surface area contributed by atoms with Crippen molar-refractivity contribution in [2.45, 2.75) is 18.3 Å². The molecule has 7 N–H and O–H groups in total. The monoisotopic (exact) mass is 478 g/mol. The Morgan fingerprint density at radius 2 is 1.38 bits per heavy atom. The molecule has 21 heavy (non-hydrogen) atoms. The van der Waals surface area contributed by atoms with Gasteiger partial charge in [0.05, 0.1) is 6.61 Å². The molecule has 0 aliphatic rings. The van der Waals surface area contributed by atoms with E-state index in [9.17, 15) is 29.2 Å². The molecule has 0 aromatic rings. The predicted octanol–water partition coefficient (Wildman–Crippen LogP) is -3.52. The first kappa shape index (κ1) is 24.6. The Bertz CT molecular complexity index is 416. The van der Waals surface area contributed by atoms with Crippen LogP contribution in [0.15, 0.2) is 0 Å². The normalized spacial score (nSPS) is 16.7. The Morgan fingerprint density at radius 3 is 1.76 bits per heavy atom. The summed E-state index contributed by atoms with van der Waals surface area (Å²) in [6.07, 6.45) is -6.53. The smallest absolute Gasteiger partial charge is 0.388 e.